The number of amides is 2. The van der Waals surface area contributed by atoms with Gasteiger partial charge in [-0.3, -0.25) is 9.59 Å². The molecule has 19 heavy (non-hydrogen) atoms. The third kappa shape index (κ3) is 2.30. The van der Waals surface area contributed by atoms with E-state index in [-0.39, 0.29) is 11.8 Å². The van der Waals surface area contributed by atoms with E-state index in [9.17, 15) is 9.59 Å². The zero-order valence-corrected chi connectivity index (χ0v) is 11.5. The standard InChI is InChI=1S/C14H23N3O2/c18-12-11-14(5-7-15-8-6-14)13(19)17(12)16-9-3-1-2-4-10-16/h15H,1-11H2. The van der Waals surface area contributed by atoms with Gasteiger partial charge in [-0.05, 0) is 38.8 Å². The summed E-state index contributed by atoms with van der Waals surface area (Å²) in [6, 6.07) is 0. The van der Waals surface area contributed by atoms with Crippen molar-refractivity contribution in [1.29, 1.82) is 0 Å². The molecule has 0 aromatic rings. The SMILES string of the molecule is O=C1CC2(CCNCC2)C(=O)N1N1CCCCCC1. The smallest absolute Gasteiger partial charge is 0.250 e. The topological polar surface area (TPSA) is 52.7 Å². The molecule has 1 N–H and O–H groups in total. The molecule has 0 unspecified atom stereocenters. The highest BCUT2D eigenvalue weighted by Gasteiger charge is 2.53. The second kappa shape index (κ2) is 5.21. The van der Waals surface area contributed by atoms with Gasteiger partial charge in [0.05, 0.1) is 5.41 Å². The zero-order chi connectivity index (χ0) is 13.3. The van der Waals surface area contributed by atoms with E-state index in [1.165, 1.54) is 17.9 Å². The number of carbonyl (C=O) groups excluding carboxylic acids is 2. The number of nitrogens with one attached hydrogen (secondary N) is 1. The molecular formula is C14H23N3O2. The summed E-state index contributed by atoms with van der Waals surface area (Å²) in [6.45, 7) is 3.41. The fourth-order valence-electron chi connectivity index (χ4n) is 3.61. The number of hydrazine groups is 1. The Morgan fingerprint density at radius 1 is 0.947 bits per heavy atom. The molecule has 0 saturated carbocycles. The van der Waals surface area contributed by atoms with Crippen molar-refractivity contribution < 1.29 is 9.59 Å². The number of nitrogens with zero attached hydrogens (tertiary/aromatic N) is 2. The van der Waals surface area contributed by atoms with Gasteiger partial charge in [0.15, 0.2) is 0 Å². The molecule has 0 aromatic heterocycles. The van der Waals surface area contributed by atoms with Crippen LogP contribution >= 0.6 is 0 Å². The molecule has 1 spiro atoms. The average Bonchev–Trinajstić information content (AvgIpc) is 2.63. The first-order valence-corrected chi connectivity index (χ1v) is 7.56. The molecule has 3 heterocycles. The van der Waals surface area contributed by atoms with Crippen LogP contribution in [0.4, 0.5) is 0 Å². The third-order valence-electron chi connectivity index (χ3n) is 4.80. The van der Waals surface area contributed by atoms with Crippen molar-refractivity contribution in [3.05, 3.63) is 0 Å². The number of piperidine rings is 1. The molecule has 5 heteroatoms. The highest BCUT2D eigenvalue weighted by atomic mass is 16.2. The number of imide groups is 1. The first kappa shape index (κ1) is 13.1. The van der Waals surface area contributed by atoms with Crippen molar-refractivity contribution >= 4 is 11.8 Å². The Hall–Kier alpha value is -0.940. The Morgan fingerprint density at radius 3 is 2.21 bits per heavy atom. The van der Waals surface area contributed by atoms with Crippen LogP contribution in [-0.2, 0) is 9.59 Å². The Labute approximate surface area is 114 Å². The van der Waals surface area contributed by atoms with Gasteiger partial charge in [0.25, 0.3) is 5.91 Å². The van der Waals surface area contributed by atoms with Crippen molar-refractivity contribution in [1.82, 2.24) is 15.3 Å². The molecule has 0 aliphatic carbocycles. The van der Waals surface area contributed by atoms with E-state index in [0.717, 1.165) is 51.9 Å². The zero-order valence-electron chi connectivity index (χ0n) is 11.5. The van der Waals surface area contributed by atoms with Crippen molar-refractivity contribution in [3.8, 4) is 0 Å². The second-order valence-corrected chi connectivity index (χ2v) is 6.09. The summed E-state index contributed by atoms with van der Waals surface area (Å²) >= 11 is 0. The Kier molecular flexibility index (Phi) is 3.58. The highest BCUT2D eigenvalue weighted by molar-refractivity contribution is 6.05. The predicted octanol–water partition coefficient (Wildman–Crippen LogP) is 0.906. The van der Waals surface area contributed by atoms with Gasteiger partial charge in [-0.1, -0.05) is 12.8 Å². The minimum absolute atomic E-state index is 0.0220. The minimum Gasteiger partial charge on any atom is -0.317 e. The maximum atomic E-state index is 12.7. The van der Waals surface area contributed by atoms with Crippen LogP contribution in [0.2, 0.25) is 0 Å². The van der Waals surface area contributed by atoms with E-state index in [2.05, 4.69) is 5.32 Å². The predicted molar refractivity (Wildman–Crippen MR) is 71.0 cm³/mol. The number of carbonyl (C=O) groups is 2. The molecule has 0 atom stereocenters. The summed E-state index contributed by atoms with van der Waals surface area (Å²) in [6.07, 6.45) is 6.63. The van der Waals surface area contributed by atoms with Gasteiger partial charge < -0.3 is 5.32 Å². The van der Waals surface area contributed by atoms with Crippen LogP contribution < -0.4 is 5.32 Å². The van der Waals surface area contributed by atoms with Crippen LogP contribution in [0.5, 0.6) is 0 Å². The molecule has 0 aromatic carbocycles. The van der Waals surface area contributed by atoms with Crippen molar-refractivity contribution in [2.45, 2.75) is 44.9 Å². The van der Waals surface area contributed by atoms with E-state index in [1.807, 2.05) is 5.01 Å². The molecule has 3 rings (SSSR count). The van der Waals surface area contributed by atoms with Gasteiger partial charge in [0.2, 0.25) is 5.91 Å². The summed E-state index contributed by atoms with van der Waals surface area (Å²) in [5.74, 6) is 0.0923. The highest BCUT2D eigenvalue weighted by Crippen LogP contribution is 2.41. The maximum Gasteiger partial charge on any atom is 0.250 e. The lowest BCUT2D eigenvalue weighted by Crippen LogP contribution is -2.50. The number of hydrogen-bond acceptors (Lipinski definition) is 4. The van der Waals surface area contributed by atoms with Gasteiger partial charge in [-0.2, -0.15) is 0 Å². The van der Waals surface area contributed by atoms with Crippen molar-refractivity contribution in [3.63, 3.8) is 0 Å². The third-order valence-corrected chi connectivity index (χ3v) is 4.80. The first-order chi connectivity index (χ1) is 9.23. The van der Waals surface area contributed by atoms with Crippen LogP contribution in [0.3, 0.4) is 0 Å². The Morgan fingerprint density at radius 2 is 1.58 bits per heavy atom. The molecule has 3 saturated heterocycles. The molecule has 3 aliphatic rings. The van der Waals surface area contributed by atoms with Gasteiger partial charge in [0.1, 0.15) is 0 Å². The molecule has 3 fully saturated rings. The maximum absolute atomic E-state index is 12.7. The first-order valence-electron chi connectivity index (χ1n) is 7.56. The molecule has 0 radical (unpaired) electrons. The lowest BCUT2D eigenvalue weighted by Gasteiger charge is -2.34. The molecule has 0 bridgehead atoms. The van der Waals surface area contributed by atoms with Crippen LogP contribution in [-0.4, -0.2) is 48.0 Å². The van der Waals surface area contributed by atoms with Gasteiger partial charge in [-0.15, -0.1) is 0 Å². The summed E-state index contributed by atoms with van der Waals surface area (Å²) in [5.41, 5.74) is -0.394. The van der Waals surface area contributed by atoms with E-state index >= 15 is 0 Å². The fourth-order valence-corrected chi connectivity index (χ4v) is 3.61. The molecule has 106 valence electrons. The lowest BCUT2D eigenvalue weighted by molar-refractivity contribution is -0.160. The monoisotopic (exact) mass is 265 g/mol. The Balaban J connectivity index is 1.78. The molecule has 2 amide bonds. The average molecular weight is 265 g/mol. The van der Waals surface area contributed by atoms with Crippen LogP contribution in [0.1, 0.15) is 44.9 Å². The number of rotatable bonds is 1. The minimum atomic E-state index is -0.394. The summed E-state index contributed by atoms with van der Waals surface area (Å²) in [7, 11) is 0. The summed E-state index contributed by atoms with van der Waals surface area (Å²) in [5, 5.41) is 6.79. The quantitative estimate of drug-likeness (QED) is 0.716. The fraction of sp³-hybridized carbons (Fsp3) is 0.857. The van der Waals surface area contributed by atoms with Gasteiger partial charge >= 0.3 is 0 Å². The van der Waals surface area contributed by atoms with Crippen LogP contribution in [0.15, 0.2) is 0 Å². The molecule has 5 nitrogen and oxygen atoms in total. The van der Waals surface area contributed by atoms with E-state index in [0.29, 0.717) is 6.42 Å². The van der Waals surface area contributed by atoms with Gasteiger partial charge in [-0.25, -0.2) is 10.0 Å². The van der Waals surface area contributed by atoms with E-state index in [1.54, 1.807) is 0 Å². The lowest BCUT2D eigenvalue weighted by atomic mass is 9.77. The second-order valence-electron chi connectivity index (χ2n) is 6.09. The van der Waals surface area contributed by atoms with Gasteiger partial charge in [0, 0.05) is 19.5 Å². The van der Waals surface area contributed by atoms with E-state index < -0.39 is 5.41 Å². The van der Waals surface area contributed by atoms with Crippen molar-refractivity contribution in [2.24, 2.45) is 5.41 Å². The molecular weight excluding hydrogens is 242 g/mol. The van der Waals surface area contributed by atoms with Crippen molar-refractivity contribution in [2.75, 3.05) is 26.2 Å². The van der Waals surface area contributed by atoms with Crippen LogP contribution in [0, 0.1) is 5.41 Å². The number of hydrogen-bond donors (Lipinski definition) is 1. The largest absolute Gasteiger partial charge is 0.317 e. The van der Waals surface area contributed by atoms with Crippen LogP contribution in [0.25, 0.3) is 0 Å². The normalized spacial score (nSPS) is 28.9. The molecule has 3 aliphatic heterocycles. The Bertz CT molecular complexity index is 369. The summed E-state index contributed by atoms with van der Waals surface area (Å²) in [4.78, 5) is 25.1. The van der Waals surface area contributed by atoms with E-state index in [4.69, 9.17) is 0 Å². The summed E-state index contributed by atoms with van der Waals surface area (Å²) < 4.78 is 0.